The van der Waals surface area contributed by atoms with Crippen LogP contribution in [0.15, 0.2) is 48.8 Å². The van der Waals surface area contributed by atoms with Crippen LogP contribution < -0.4 is 4.74 Å². The van der Waals surface area contributed by atoms with Crippen LogP contribution in [-0.2, 0) is 11.3 Å². The van der Waals surface area contributed by atoms with Crippen LogP contribution in [0.5, 0.6) is 5.75 Å². The van der Waals surface area contributed by atoms with Crippen molar-refractivity contribution < 1.29 is 22.7 Å². The number of hydrogen-bond donors (Lipinski definition) is 0. The van der Waals surface area contributed by atoms with Crippen LogP contribution in [-0.4, -0.2) is 27.9 Å². The predicted molar refractivity (Wildman–Crippen MR) is 83.1 cm³/mol. The topological polar surface area (TPSA) is 42.4 Å². The zero-order chi connectivity index (χ0) is 17.2. The van der Waals surface area contributed by atoms with Crippen molar-refractivity contribution in [2.24, 2.45) is 0 Å². The Balaban J connectivity index is 1.82. The molecule has 2 aromatic rings. The Morgan fingerprint density at radius 1 is 1.25 bits per heavy atom. The van der Waals surface area contributed by atoms with Gasteiger partial charge in [-0.05, 0) is 35.4 Å². The van der Waals surface area contributed by atoms with E-state index in [2.05, 4.69) is 9.72 Å². The molecule has 2 heterocycles. The number of rotatable bonds is 4. The van der Waals surface area contributed by atoms with Gasteiger partial charge in [-0.25, -0.2) is 0 Å². The van der Waals surface area contributed by atoms with E-state index < -0.39 is 6.36 Å². The number of amides is 1. The Bertz CT molecular complexity index is 725. The first-order valence-corrected chi connectivity index (χ1v) is 8.13. The molecule has 1 aliphatic heterocycles. The highest BCUT2D eigenvalue weighted by Crippen LogP contribution is 2.40. The van der Waals surface area contributed by atoms with Crippen LogP contribution in [0.3, 0.4) is 0 Å². The summed E-state index contributed by atoms with van der Waals surface area (Å²) >= 11 is 1.38. The van der Waals surface area contributed by atoms with E-state index in [0.29, 0.717) is 17.9 Å². The van der Waals surface area contributed by atoms with Crippen molar-refractivity contribution in [3.8, 4) is 5.75 Å². The Morgan fingerprint density at radius 2 is 2.00 bits per heavy atom. The van der Waals surface area contributed by atoms with Crippen LogP contribution >= 0.6 is 11.8 Å². The molecule has 4 nitrogen and oxygen atoms in total. The Hall–Kier alpha value is -2.22. The van der Waals surface area contributed by atoms with E-state index in [1.165, 1.54) is 30.0 Å². The van der Waals surface area contributed by atoms with Crippen molar-refractivity contribution in [2.45, 2.75) is 18.3 Å². The molecule has 126 valence electrons. The summed E-state index contributed by atoms with van der Waals surface area (Å²) in [6.45, 7) is 0.378. The van der Waals surface area contributed by atoms with Gasteiger partial charge in [0.05, 0.1) is 5.75 Å². The van der Waals surface area contributed by atoms with Gasteiger partial charge >= 0.3 is 6.36 Å². The standard InChI is InChI=1S/C16H13F3N2O2S/c17-16(18,19)23-13-3-1-2-12(8-13)15-21(14(22)10-24-15)9-11-4-6-20-7-5-11/h1-8,15H,9-10H2. The van der Waals surface area contributed by atoms with Gasteiger partial charge in [0.15, 0.2) is 0 Å². The monoisotopic (exact) mass is 354 g/mol. The Kier molecular flexibility index (Phi) is 4.66. The van der Waals surface area contributed by atoms with E-state index in [9.17, 15) is 18.0 Å². The van der Waals surface area contributed by atoms with Crippen molar-refractivity contribution in [3.63, 3.8) is 0 Å². The third-order valence-electron chi connectivity index (χ3n) is 3.45. The molecule has 0 aliphatic carbocycles. The normalized spacial score (nSPS) is 18.0. The third kappa shape index (κ3) is 4.00. The van der Waals surface area contributed by atoms with E-state index >= 15 is 0 Å². The lowest BCUT2D eigenvalue weighted by Crippen LogP contribution is -2.27. The smallest absolute Gasteiger partial charge is 0.406 e. The first-order chi connectivity index (χ1) is 11.4. The Morgan fingerprint density at radius 3 is 2.71 bits per heavy atom. The average molecular weight is 354 g/mol. The second kappa shape index (κ2) is 6.72. The molecule has 1 amide bonds. The van der Waals surface area contributed by atoms with E-state index in [1.807, 2.05) is 0 Å². The van der Waals surface area contributed by atoms with Gasteiger partial charge in [0, 0.05) is 18.9 Å². The molecule has 1 unspecified atom stereocenters. The number of benzene rings is 1. The van der Waals surface area contributed by atoms with Crippen molar-refractivity contribution in [2.75, 3.05) is 5.75 Å². The summed E-state index contributed by atoms with van der Waals surface area (Å²) in [5, 5.41) is -0.345. The largest absolute Gasteiger partial charge is 0.573 e. The minimum atomic E-state index is -4.74. The molecule has 0 spiro atoms. The number of carbonyl (C=O) groups excluding carboxylic acids is 1. The van der Waals surface area contributed by atoms with E-state index in [-0.39, 0.29) is 17.0 Å². The number of nitrogens with zero attached hydrogens (tertiary/aromatic N) is 2. The maximum absolute atomic E-state index is 12.4. The van der Waals surface area contributed by atoms with Gasteiger partial charge in [-0.1, -0.05) is 12.1 Å². The molecule has 1 aliphatic rings. The van der Waals surface area contributed by atoms with Gasteiger partial charge in [0.25, 0.3) is 0 Å². The molecular formula is C16H13F3N2O2S. The average Bonchev–Trinajstić information content (AvgIpc) is 2.88. The molecular weight excluding hydrogens is 341 g/mol. The highest BCUT2D eigenvalue weighted by Gasteiger charge is 2.34. The van der Waals surface area contributed by atoms with Crippen molar-refractivity contribution in [1.29, 1.82) is 0 Å². The van der Waals surface area contributed by atoms with Gasteiger partial charge in [-0.3, -0.25) is 9.78 Å². The lowest BCUT2D eigenvalue weighted by Gasteiger charge is -2.24. The van der Waals surface area contributed by atoms with Crippen LogP contribution in [0.2, 0.25) is 0 Å². The fourth-order valence-electron chi connectivity index (χ4n) is 2.45. The Labute approximate surface area is 140 Å². The van der Waals surface area contributed by atoms with Gasteiger partial charge < -0.3 is 9.64 Å². The molecule has 0 N–H and O–H groups in total. The molecule has 1 aromatic carbocycles. The second-order valence-electron chi connectivity index (χ2n) is 5.16. The third-order valence-corrected chi connectivity index (χ3v) is 4.70. The lowest BCUT2D eigenvalue weighted by molar-refractivity contribution is -0.274. The molecule has 3 rings (SSSR count). The van der Waals surface area contributed by atoms with Gasteiger partial charge in [-0.15, -0.1) is 24.9 Å². The second-order valence-corrected chi connectivity index (χ2v) is 6.23. The number of carbonyl (C=O) groups is 1. The lowest BCUT2D eigenvalue weighted by atomic mass is 10.1. The number of hydrogen-bond acceptors (Lipinski definition) is 4. The number of halogens is 3. The maximum Gasteiger partial charge on any atom is 0.573 e. The minimum absolute atomic E-state index is 0.0519. The highest BCUT2D eigenvalue weighted by molar-refractivity contribution is 8.00. The predicted octanol–water partition coefficient (Wildman–Crippen LogP) is 3.75. The quantitative estimate of drug-likeness (QED) is 0.839. The van der Waals surface area contributed by atoms with Crippen LogP contribution in [0.25, 0.3) is 0 Å². The summed E-state index contributed by atoms with van der Waals surface area (Å²) in [6.07, 6.45) is -1.47. The first kappa shape index (κ1) is 16.6. The maximum atomic E-state index is 12.4. The molecule has 0 saturated carbocycles. The molecule has 1 aromatic heterocycles. The van der Waals surface area contributed by atoms with Crippen LogP contribution in [0.1, 0.15) is 16.5 Å². The van der Waals surface area contributed by atoms with Gasteiger partial charge in [0.1, 0.15) is 11.1 Å². The molecule has 1 saturated heterocycles. The first-order valence-electron chi connectivity index (χ1n) is 7.08. The molecule has 1 fully saturated rings. The minimum Gasteiger partial charge on any atom is -0.406 e. The molecule has 8 heteroatoms. The molecule has 1 atom stereocenters. The summed E-state index contributed by atoms with van der Waals surface area (Å²) in [5.74, 6) is -0.0483. The van der Waals surface area contributed by atoms with Crippen LogP contribution in [0.4, 0.5) is 13.2 Å². The number of ether oxygens (including phenoxy) is 1. The van der Waals surface area contributed by atoms with E-state index in [1.54, 1.807) is 35.5 Å². The zero-order valence-electron chi connectivity index (χ0n) is 12.4. The molecule has 0 bridgehead atoms. The van der Waals surface area contributed by atoms with Crippen molar-refractivity contribution >= 4 is 17.7 Å². The van der Waals surface area contributed by atoms with Gasteiger partial charge in [-0.2, -0.15) is 0 Å². The SMILES string of the molecule is O=C1CSC(c2cccc(OC(F)(F)F)c2)N1Cc1ccncc1. The summed E-state index contributed by atoms with van der Waals surface area (Å²) in [5.41, 5.74) is 1.51. The summed E-state index contributed by atoms with van der Waals surface area (Å²) < 4.78 is 41.1. The molecule has 24 heavy (non-hydrogen) atoms. The number of aromatic nitrogens is 1. The molecule has 0 radical (unpaired) electrons. The van der Waals surface area contributed by atoms with Crippen LogP contribution in [0, 0.1) is 0 Å². The number of alkyl halides is 3. The fraction of sp³-hybridized carbons (Fsp3) is 0.250. The number of thioether (sulfide) groups is 1. The summed E-state index contributed by atoms with van der Waals surface area (Å²) in [6, 6.07) is 9.35. The van der Waals surface area contributed by atoms with Crippen molar-refractivity contribution in [1.82, 2.24) is 9.88 Å². The summed E-state index contributed by atoms with van der Waals surface area (Å²) in [4.78, 5) is 17.7. The van der Waals surface area contributed by atoms with E-state index in [4.69, 9.17) is 0 Å². The highest BCUT2D eigenvalue weighted by atomic mass is 32.2. The van der Waals surface area contributed by atoms with Crippen molar-refractivity contribution in [3.05, 3.63) is 59.9 Å². The van der Waals surface area contributed by atoms with E-state index in [0.717, 1.165) is 5.56 Å². The van der Waals surface area contributed by atoms with Gasteiger partial charge in [0.2, 0.25) is 5.91 Å². The zero-order valence-corrected chi connectivity index (χ0v) is 13.2. The fourth-order valence-corrected chi connectivity index (χ4v) is 3.63. The summed E-state index contributed by atoms with van der Waals surface area (Å²) in [7, 11) is 0. The number of pyridine rings is 1.